The third kappa shape index (κ3) is 3.82. The predicted octanol–water partition coefficient (Wildman–Crippen LogP) is 0.955. The summed E-state index contributed by atoms with van der Waals surface area (Å²) in [6.45, 7) is 1.67. The summed E-state index contributed by atoms with van der Waals surface area (Å²) in [6, 6.07) is 4.81. The van der Waals surface area contributed by atoms with Gasteiger partial charge in [0, 0.05) is 18.5 Å². The molecular weight excluding hydrogens is 322 g/mol. The molecule has 0 saturated carbocycles. The monoisotopic (exact) mass is 345 g/mol. The SMILES string of the molecule is NCCCCCOc1ccc2c(c1)CN(C1CCC(=O)NC1=O)C2=O. The summed E-state index contributed by atoms with van der Waals surface area (Å²) in [5, 5.41) is 2.30. The second-order valence-electron chi connectivity index (χ2n) is 6.42. The first-order valence-corrected chi connectivity index (χ1v) is 8.70. The van der Waals surface area contributed by atoms with E-state index < -0.39 is 11.9 Å². The average Bonchev–Trinajstić information content (AvgIpc) is 2.91. The lowest BCUT2D eigenvalue weighted by Gasteiger charge is -2.29. The summed E-state index contributed by atoms with van der Waals surface area (Å²) in [5.41, 5.74) is 6.92. The number of fused-ring (bicyclic) bond motifs is 1. The highest BCUT2D eigenvalue weighted by molar-refractivity contribution is 6.05. The van der Waals surface area contributed by atoms with E-state index in [2.05, 4.69) is 5.32 Å². The van der Waals surface area contributed by atoms with Crippen LogP contribution in [-0.2, 0) is 16.1 Å². The number of nitrogens with two attached hydrogens (primary N) is 1. The molecule has 1 fully saturated rings. The van der Waals surface area contributed by atoms with E-state index in [1.54, 1.807) is 12.1 Å². The van der Waals surface area contributed by atoms with Crippen molar-refractivity contribution in [3.63, 3.8) is 0 Å². The third-order valence-corrected chi connectivity index (χ3v) is 4.61. The fourth-order valence-electron chi connectivity index (χ4n) is 3.25. The minimum absolute atomic E-state index is 0.168. The molecule has 7 heteroatoms. The van der Waals surface area contributed by atoms with Crippen LogP contribution in [-0.4, -0.2) is 41.8 Å². The third-order valence-electron chi connectivity index (χ3n) is 4.61. The van der Waals surface area contributed by atoms with E-state index in [4.69, 9.17) is 10.5 Å². The molecule has 3 amide bonds. The van der Waals surface area contributed by atoms with Gasteiger partial charge in [-0.15, -0.1) is 0 Å². The Morgan fingerprint density at radius 1 is 1.20 bits per heavy atom. The molecule has 1 unspecified atom stereocenters. The largest absolute Gasteiger partial charge is 0.494 e. The molecule has 1 atom stereocenters. The van der Waals surface area contributed by atoms with E-state index in [9.17, 15) is 14.4 Å². The average molecular weight is 345 g/mol. The fraction of sp³-hybridized carbons (Fsp3) is 0.500. The van der Waals surface area contributed by atoms with Crippen molar-refractivity contribution in [1.82, 2.24) is 10.2 Å². The van der Waals surface area contributed by atoms with Crippen LogP contribution in [0, 0.1) is 0 Å². The summed E-state index contributed by atoms with van der Waals surface area (Å²) in [7, 11) is 0. The van der Waals surface area contributed by atoms with Gasteiger partial charge in [-0.05, 0) is 56.0 Å². The molecule has 7 nitrogen and oxygen atoms in total. The van der Waals surface area contributed by atoms with Gasteiger partial charge in [0.05, 0.1) is 6.61 Å². The van der Waals surface area contributed by atoms with Gasteiger partial charge < -0.3 is 15.4 Å². The molecule has 25 heavy (non-hydrogen) atoms. The minimum atomic E-state index is -0.585. The molecule has 2 aliphatic heterocycles. The van der Waals surface area contributed by atoms with Crippen molar-refractivity contribution in [2.75, 3.05) is 13.2 Å². The zero-order valence-electron chi connectivity index (χ0n) is 14.1. The van der Waals surface area contributed by atoms with Crippen molar-refractivity contribution in [2.45, 2.75) is 44.7 Å². The Bertz CT molecular complexity index is 689. The van der Waals surface area contributed by atoms with Gasteiger partial charge in [-0.3, -0.25) is 19.7 Å². The van der Waals surface area contributed by atoms with Crippen molar-refractivity contribution in [3.05, 3.63) is 29.3 Å². The van der Waals surface area contributed by atoms with Crippen molar-refractivity contribution >= 4 is 17.7 Å². The van der Waals surface area contributed by atoms with Crippen LogP contribution in [0.5, 0.6) is 5.75 Å². The van der Waals surface area contributed by atoms with Gasteiger partial charge in [0.25, 0.3) is 5.91 Å². The summed E-state index contributed by atoms with van der Waals surface area (Å²) in [6.07, 6.45) is 3.59. The Balaban J connectivity index is 1.63. The smallest absolute Gasteiger partial charge is 0.255 e. The van der Waals surface area contributed by atoms with Crippen LogP contribution in [0.2, 0.25) is 0 Å². The number of amides is 3. The van der Waals surface area contributed by atoms with E-state index in [-0.39, 0.29) is 18.2 Å². The number of unbranched alkanes of at least 4 members (excludes halogenated alkanes) is 2. The Labute approximate surface area is 146 Å². The second kappa shape index (κ2) is 7.65. The fourth-order valence-corrected chi connectivity index (χ4v) is 3.25. The highest BCUT2D eigenvalue weighted by Crippen LogP contribution is 2.30. The normalized spacial score (nSPS) is 19.8. The molecule has 134 valence electrons. The number of nitrogens with one attached hydrogen (secondary N) is 1. The van der Waals surface area contributed by atoms with Crippen molar-refractivity contribution in [1.29, 1.82) is 0 Å². The van der Waals surface area contributed by atoms with E-state index >= 15 is 0 Å². The summed E-state index contributed by atoms with van der Waals surface area (Å²) >= 11 is 0. The number of hydrogen-bond acceptors (Lipinski definition) is 5. The lowest BCUT2D eigenvalue weighted by molar-refractivity contribution is -0.136. The summed E-state index contributed by atoms with van der Waals surface area (Å²) in [5.74, 6) is -0.118. The molecule has 3 rings (SSSR count). The molecule has 0 spiro atoms. The van der Waals surface area contributed by atoms with Gasteiger partial charge in [-0.2, -0.15) is 0 Å². The number of imide groups is 1. The van der Waals surface area contributed by atoms with Crippen LogP contribution in [0.15, 0.2) is 18.2 Å². The molecule has 3 N–H and O–H groups in total. The standard InChI is InChI=1S/C18H23N3O4/c19-8-2-1-3-9-25-13-4-5-14-12(10-13)11-21(18(14)24)15-6-7-16(22)20-17(15)23/h4-5,10,15H,1-3,6-9,11,19H2,(H,20,22,23). The number of rotatable bonds is 7. The quantitative estimate of drug-likeness (QED) is 0.566. The van der Waals surface area contributed by atoms with Crippen molar-refractivity contribution < 1.29 is 19.1 Å². The van der Waals surface area contributed by atoms with Gasteiger partial charge in [-0.25, -0.2) is 0 Å². The summed E-state index contributed by atoms with van der Waals surface area (Å²) < 4.78 is 5.73. The Kier molecular flexibility index (Phi) is 5.33. The molecule has 0 aromatic heterocycles. The van der Waals surface area contributed by atoms with Crippen LogP contribution in [0.4, 0.5) is 0 Å². The number of carbonyl (C=O) groups excluding carboxylic acids is 3. The maximum Gasteiger partial charge on any atom is 0.255 e. The highest BCUT2D eigenvalue weighted by atomic mass is 16.5. The van der Waals surface area contributed by atoms with Gasteiger partial charge in [0.1, 0.15) is 11.8 Å². The molecule has 2 aliphatic rings. The topological polar surface area (TPSA) is 102 Å². The van der Waals surface area contributed by atoms with Crippen LogP contribution in [0.25, 0.3) is 0 Å². The lowest BCUT2D eigenvalue weighted by atomic mass is 10.0. The van der Waals surface area contributed by atoms with Gasteiger partial charge in [0.2, 0.25) is 11.8 Å². The second-order valence-corrected chi connectivity index (χ2v) is 6.42. The maximum absolute atomic E-state index is 12.6. The molecule has 0 radical (unpaired) electrons. The number of ether oxygens (including phenoxy) is 1. The van der Waals surface area contributed by atoms with Gasteiger partial charge >= 0.3 is 0 Å². The summed E-state index contributed by atoms with van der Waals surface area (Å²) in [4.78, 5) is 37.4. The zero-order valence-corrected chi connectivity index (χ0v) is 14.1. The van der Waals surface area contributed by atoms with Crippen LogP contribution < -0.4 is 15.8 Å². The molecular formula is C18H23N3O4. The molecule has 1 saturated heterocycles. The lowest BCUT2D eigenvalue weighted by Crippen LogP contribution is -2.52. The predicted molar refractivity (Wildman–Crippen MR) is 90.9 cm³/mol. The number of nitrogens with zero attached hydrogens (tertiary/aromatic N) is 1. The van der Waals surface area contributed by atoms with E-state index in [1.165, 1.54) is 4.90 Å². The highest BCUT2D eigenvalue weighted by Gasteiger charge is 2.39. The first-order valence-electron chi connectivity index (χ1n) is 8.70. The molecule has 0 bridgehead atoms. The van der Waals surface area contributed by atoms with E-state index in [0.29, 0.717) is 31.7 Å². The molecule has 1 aromatic carbocycles. The van der Waals surface area contributed by atoms with Crippen molar-refractivity contribution in [2.24, 2.45) is 5.73 Å². The van der Waals surface area contributed by atoms with Gasteiger partial charge in [0.15, 0.2) is 0 Å². The van der Waals surface area contributed by atoms with E-state index in [0.717, 1.165) is 30.6 Å². The Hall–Kier alpha value is -2.41. The van der Waals surface area contributed by atoms with Crippen molar-refractivity contribution in [3.8, 4) is 5.75 Å². The molecule has 0 aliphatic carbocycles. The Morgan fingerprint density at radius 3 is 2.80 bits per heavy atom. The zero-order chi connectivity index (χ0) is 17.8. The number of hydrogen-bond donors (Lipinski definition) is 2. The number of carbonyl (C=O) groups is 3. The van der Waals surface area contributed by atoms with Gasteiger partial charge in [-0.1, -0.05) is 0 Å². The first-order chi connectivity index (χ1) is 12.1. The Morgan fingerprint density at radius 2 is 2.04 bits per heavy atom. The van der Waals surface area contributed by atoms with Crippen LogP contribution in [0.1, 0.15) is 48.0 Å². The minimum Gasteiger partial charge on any atom is -0.494 e. The number of piperidine rings is 1. The first kappa shape index (κ1) is 17.4. The van der Waals surface area contributed by atoms with Crippen LogP contribution in [0.3, 0.4) is 0 Å². The maximum atomic E-state index is 12.6. The van der Waals surface area contributed by atoms with E-state index in [1.807, 2.05) is 6.07 Å². The van der Waals surface area contributed by atoms with Crippen LogP contribution >= 0.6 is 0 Å². The molecule has 1 aromatic rings. The number of benzene rings is 1. The molecule has 2 heterocycles.